The second-order valence-corrected chi connectivity index (χ2v) is 5.58. The van der Waals surface area contributed by atoms with Gasteiger partial charge in [-0.15, -0.1) is 11.7 Å². The summed E-state index contributed by atoms with van der Waals surface area (Å²) in [6.07, 6.45) is 3.58. The van der Waals surface area contributed by atoms with E-state index in [9.17, 15) is 4.79 Å². The zero-order valence-electron chi connectivity index (χ0n) is 12.0. The molecule has 3 heterocycles. The first-order chi connectivity index (χ1) is 10.2. The molecule has 0 aliphatic carbocycles. The Morgan fingerprint density at radius 1 is 1.43 bits per heavy atom. The summed E-state index contributed by atoms with van der Waals surface area (Å²) in [7, 11) is 0. The predicted molar refractivity (Wildman–Crippen MR) is 81.1 cm³/mol. The van der Waals surface area contributed by atoms with E-state index in [0.29, 0.717) is 18.2 Å². The fraction of sp³-hybridized carbons (Fsp3) is 0.400. The van der Waals surface area contributed by atoms with E-state index in [1.165, 1.54) is 0 Å². The van der Waals surface area contributed by atoms with Crippen molar-refractivity contribution in [1.29, 1.82) is 0 Å². The van der Waals surface area contributed by atoms with Gasteiger partial charge < -0.3 is 9.88 Å². The molecule has 3 rings (SSSR count). The molecule has 2 aromatic rings. The molecular formula is C15H19N5O. The number of aromatic amines is 1. The van der Waals surface area contributed by atoms with Crippen LogP contribution in [0, 0.1) is 5.92 Å². The van der Waals surface area contributed by atoms with Gasteiger partial charge in [-0.3, -0.25) is 9.89 Å². The van der Waals surface area contributed by atoms with E-state index in [4.69, 9.17) is 0 Å². The number of hydrogen-bond donors (Lipinski definition) is 2. The van der Waals surface area contributed by atoms with Crippen LogP contribution in [0.5, 0.6) is 0 Å². The summed E-state index contributed by atoms with van der Waals surface area (Å²) >= 11 is 0. The maximum absolute atomic E-state index is 12.5. The SMILES string of the molecule is C=CC1CNCC(C)Cn2c1cc(-c1c[nH]nn1)cc2=O. The van der Waals surface area contributed by atoms with Crippen molar-refractivity contribution in [1.82, 2.24) is 25.3 Å². The standard InChI is InChI=1S/C15H19N5O/c1-3-11-7-16-6-10(2)9-20-14(11)4-12(5-15(20)21)13-8-17-19-18-13/h3-5,8,10-11,16H,1,6-7,9H2,2H3,(H,17,18,19). The Morgan fingerprint density at radius 3 is 3.00 bits per heavy atom. The van der Waals surface area contributed by atoms with E-state index in [0.717, 1.165) is 24.3 Å². The van der Waals surface area contributed by atoms with Gasteiger partial charge in [0.15, 0.2) is 0 Å². The topological polar surface area (TPSA) is 75.6 Å². The summed E-state index contributed by atoms with van der Waals surface area (Å²) in [4.78, 5) is 12.5. The molecule has 0 saturated carbocycles. The largest absolute Gasteiger partial charge is 0.315 e. The first-order valence-electron chi connectivity index (χ1n) is 7.14. The molecule has 110 valence electrons. The zero-order valence-corrected chi connectivity index (χ0v) is 12.0. The van der Waals surface area contributed by atoms with Crippen molar-refractivity contribution < 1.29 is 0 Å². The minimum atomic E-state index is 0.00565. The minimum absolute atomic E-state index is 0.00565. The van der Waals surface area contributed by atoms with Crippen molar-refractivity contribution in [2.24, 2.45) is 5.92 Å². The molecule has 0 aromatic carbocycles. The number of nitrogens with one attached hydrogen (secondary N) is 2. The minimum Gasteiger partial charge on any atom is -0.315 e. The second-order valence-electron chi connectivity index (χ2n) is 5.58. The number of rotatable bonds is 2. The maximum Gasteiger partial charge on any atom is 0.251 e. The van der Waals surface area contributed by atoms with Gasteiger partial charge in [0.25, 0.3) is 5.56 Å². The lowest BCUT2D eigenvalue weighted by atomic mass is 9.98. The smallest absolute Gasteiger partial charge is 0.251 e. The van der Waals surface area contributed by atoms with Crippen LogP contribution in [0.4, 0.5) is 0 Å². The molecular weight excluding hydrogens is 266 g/mol. The lowest BCUT2D eigenvalue weighted by molar-refractivity contribution is 0.400. The van der Waals surface area contributed by atoms with Crippen molar-refractivity contribution in [2.75, 3.05) is 13.1 Å². The van der Waals surface area contributed by atoms with Gasteiger partial charge in [0.2, 0.25) is 0 Å². The van der Waals surface area contributed by atoms with E-state index in [1.807, 2.05) is 16.7 Å². The summed E-state index contributed by atoms with van der Waals surface area (Å²) in [5.74, 6) is 0.516. The van der Waals surface area contributed by atoms with Crippen LogP contribution < -0.4 is 10.9 Å². The van der Waals surface area contributed by atoms with E-state index in [2.05, 4.69) is 34.2 Å². The van der Waals surface area contributed by atoms with Crippen LogP contribution in [-0.4, -0.2) is 33.1 Å². The molecule has 2 atom stereocenters. The van der Waals surface area contributed by atoms with Crippen LogP contribution in [0.15, 0.2) is 35.8 Å². The molecule has 0 bridgehead atoms. The first kappa shape index (κ1) is 13.8. The fourth-order valence-corrected chi connectivity index (χ4v) is 2.78. The van der Waals surface area contributed by atoms with Crippen LogP contribution in [-0.2, 0) is 6.54 Å². The Hall–Kier alpha value is -2.21. The molecule has 1 aliphatic heterocycles. The van der Waals surface area contributed by atoms with E-state index >= 15 is 0 Å². The quantitative estimate of drug-likeness (QED) is 0.811. The summed E-state index contributed by atoms with van der Waals surface area (Å²) in [6.45, 7) is 8.45. The molecule has 1 aliphatic rings. The van der Waals surface area contributed by atoms with Crippen LogP contribution in [0.25, 0.3) is 11.3 Å². The van der Waals surface area contributed by atoms with Crippen molar-refractivity contribution in [2.45, 2.75) is 19.4 Å². The number of hydrogen-bond acceptors (Lipinski definition) is 4. The molecule has 21 heavy (non-hydrogen) atoms. The van der Waals surface area contributed by atoms with Gasteiger partial charge in [-0.25, -0.2) is 0 Å². The van der Waals surface area contributed by atoms with Gasteiger partial charge >= 0.3 is 0 Å². The number of nitrogens with zero attached hydrogens (tertiary/aromatic N) is 3. The molecule has 0 fully saturated rings. The molecule has 6 nitrogen and oxygen atoms in total. The normalized spacial score (nSPS) is 22.1. The number of H-pyrrole nitrogens is 1. The van der Waals surface area contributed by atoms with Crippen molar-refractivity contribution in [3.05, 3.63) is 47.0 Å². The van der Waals surface area contributed by atoms with Crippen LogP contribution in [0.2, 0.25) is 0 Å². The Balaban J connectivity index is 2.15. The Morgan fingerprint density at radius 2 is 2.29 bits per heavy atom. The molecule has 0 amide bonds. The summed E-state index contributed by atoms with van der Waals surface area (Å²) < 4.78 is 1.86. The third-order valence-corrected chi connectivity index (χ3v) is 3.89. The van der Waals surface area contributed by atoms with Crippen molar-refractivity contribution >= 4 is 0 Å². The van der Waals surface area contributed by atoms with Crippen LogP contribution >= 0.6 is 0 Å². The summed E-state index contributed by atoms with van der Waals surface area (Å²) in [6, 6.07) is 3.65. The highest BCUT2D eigenvalue weighted by Gasteiger charge is 2.20. The van der Waals surface area contributed by atoms with Crippen LogP contribution in [0.1, 0.15) is 18.5 Å². The molecule has 0 saturated heterocycles. The molecule has 0 radical (unpaired) electrons. The van der Waals surface area contributed by atoms with Gasteiger partial charge in [0.05, 0.1) is 0 Å². The van der Waals surface area contributed by atoms with Crippen molar-refractivity contribution in [3.8, 4) is 11.3 Å². The lowest BCUT2D eigenvalue weighted by Gasteiger charge is -2.26. The van der Waals surface area contributed by atoms with Crippen molar-refractivity contribution in [3.63, 3.8) is 0 Å². The van der Waals surface area contributed by atoms with Gasteiger partial charge in [0.1, 0.15) is 5.69 Å². The fourth-order valence-electron chi connectivity index (χ4n) is 2.78. The molecule has 6 heteroatoms. The highest BCUT2D eigenvalue weighted by Crippen LogP contribution is 2.23. The Labute approximate surface area is 122 Å². The number of pyridine rings is 1. The van der Waals surface area contributed by atoms with Crippen LogP contribution in [0.3, 0.4) is 0 Å². The molecule has 2 unspecified atom stereocenters. The highest BCUT2D eigenvalue weighted by atomic mass is 16.1. The average molecular weight is 285 g/mol. The molecule has 0 spiro atoms. The number of aromatic nitrogens is 4. The van der Waals surface area contributed by atoms with E-state index < -0.39 is 0 Å². The lowest BCUT2D eigenvalue weighted by Crippen LogP contribution is -2.37. The zero-order chi connectivity index (χ0) is 14.8. The van der Waals surface area contributed by atoms with Gasteiger partial charge in [-0.2, -0.15) is 0 Å². The third kappa shape index (κ3) is 2.67. The Kier molecular flexibility index (Phi) is 3.70. The van der Waals surface area contributed by atoms with Gasteiger partial charge in [-0.1, -0.05) is 18.2 Å². The number of fused-ring (bicyclic) bond motifs is 1. The van der Waals surface area contributed by atoms with E-state index in [-0.39, 0.29) is 11.5 Å². The summed E-state index contributed by atoms with van der Waals surface area (Å²) in [5.41, 5.74) is 2.46. The summed E-state index contributed by atoms with van der Waals surface area (Å²) in [5, 5.41) is 13.8. The van der Waals surface area contributed by atoms with Gasteiger partial charge in [0, 0.05) is 42.5 Å². The first-order valence-corrected chi connectivity index (χ1v) is 7.14. The monoisotopic (exact) mass is 285 g/mol. The molecule has 2 aromatic heterocycles. The average Bonchev–Trinajstić information content (AvgIpc) is 2.98. The second kappa shape index (κ2) is 5.65. The predicted octanol–water partition coefficient (Wildman–Crippen LogP) is 1.14. The Bertz CT molecular complexity index is 689. The maximum atomic E-state index is 12.5. The molecule has 2 N–H and O–H groups in total. The van der Waals surface area contributed by atoms with E-state index in [1.54, 1.807) is 12.3 Å². The third-order valence-electron chi connectivity index (χ3n) is 3.89. The highest BCUT2D eigenvalue weighted by molar-refractivity contribution is 5.58. The van der Waals surface area contributed by atoms with Gasteiger partial charge in [-0.05, 0) is 18.5 Å².